The molecule has 0 aliphatic rings. The van der Waals surface area contributed by atoms with Gasteiger partial charge in [0.1, 0.15) is 0 Å². The SMILES string of the molecule is [C-]#[N+]c1cc([N+]#[C-])cc(-c2ccc3c(c2)c2ccccc2n3-c2ccc(-c3nc(-c4ccccc4)nc(-c4ccccc4)n3)c(-c3cccc([Si](c4ccccc4)(c4ccccc4)c4ccccc4)c3)c2)c1. The maximum Gasteiger partial charge on any atom is 0.179 e. The Balaban J connectivity index is 1.13. The Kier molecular flexibility index (Phi) is 11.2. The number of fused-ring (bicyclic) bond motifs is 3. The highest BCUT2D eigenvalue weighted by Gasteiger charge is 2.41. The van der Waals surface area contributed by atoms with Crippen LogP contribution in [0.4, 0.5) is 11.4 Å². The van der Waals surface area contributed by atoms with Crippen LogP contribution in [0.2, 0.25) is 0 Å². The summed E-state index contributed by atoms with van der Waals surface area (Å²) in [4.78, 5) is 23.0. The fourth-order valence-corrected chi connectivity index (χ4v) is 15.1. The van der Waals surface area contributed by atoms with E-state index in [0.717, 1.165) is 66.4 Å². The maximum atomic E-state index is 7.73. The first-order valence-corrected chi connectivity index (χ1v) is 25.8. The molecule has 0 unspecified atom stereocenters. The van der Waals surface area contributed by atoms with Crippen LogP contribution in [-0.4, -0.2) is 27.6 Å². The summed E-state index contributed by atoms with van der Waals surface area (Å²) in [5.74, 6) is 1.76. The highest BCUT2D eigenvalue weighted by atomic mass is 28.3. The van der Waals surface area contributed by atoms with E-state index in [4.69, 9.17) is 28.1 Å². The number of nitrogens with zero attached hydrogens (tertiary/aromatic N) is 6. The van der Waals surface area contributed by atoms with E-state index in [1.807, 2.05) is 72.8 Å². The van der Waals surface area contributed by atoms with Gasteiger partial charge in [-0.25, -0.2) is 24.6 Å². The van der Waals surface area contributed by atoms with Gasteiger partial charge < -0.3 is 4.57 Å². The van der Waals surface area contributed by atoms with E-state index in [2.05, 4.69) is 190 Å². The minimum absolute atomic E-state index is 0.443. The molecule has 0 aliphatic carbocycles. The molecule has 12 aromatic rings. The Morgan fingerprint density at radius 1 is 0.319 bits per heavy atom. The van der Waals surface area contributed by atoms with E-state index in [-0.39, 0.29) is 0 Å². The van der Waals surface area contributed by atoms with E-state index in [0.29, 0.717) is 28.8 Å². The predicted octanol–water partition coefficient (Wildman–Crippen LogP) is 13.8. The van der Waals surface area contributed by atoms with Crippen LogP contribution in [0.1, 0.15) is 0 Å². The average Bonchev–Trinajstić information content (AvgIpc) is 3.80. The van der Waals surface area contributed by atoms with Crippen LogP contribution >= 0.6 is 0 Å². The molecule has 0 aliphatic heterocycles. The molecular formula is C65H42N6Si. The number of benzene rings is 10. The van der Waals surface area contributed by atoms with Crippen LogP contribution in [0.5, 0.6) is 0 Å². The number of para-hydroxylation sites is 1. The van der Waals surface area contributed by atoms with Crippen molar-refractivity contribution in [2.45, 2.75) is 0 Å². The molecule has 7 heteroatoms. The lowest BCUT2D eigenvalue weighted by Crippen LogP contribution is -2.74. The Morgan fingerprint density at radius 3 is 1.38 bits per heavy atom. The number of hydrogen-bond donors (Lipinski definition) is 0. The summed E-state index contributed by atoms with van der Waals surface area (Å²) >= 11 is 0. The van der Waals surface area contributed by atoms with Gasteiger partial charge in [-0.2, -0.15) is 0 Å². The quantitative estimate of drug-likeness (QED) is 0.0780. The molecule has 0 spiro atoms. The molecule has 0 fully saturated rings. The first kappa shape index (κ1) is 43.5. The second kappa shape index (κ2) is 18.6. The van der Waals surface area contributed by atoms with Crippen molar-refractivity contribution in [2.75, 3.05) is 0 Å². The zero-order chi connectivity index (χ0) is 48.4. The Labute approximate surface area is 419 Å². The molecule has 2 heterocycles. The zero-order valence-electron chi connectivity index (χ0n) is 38.9. The summed E-state index contributed by atoms with van der Waals surface area (Å²) in [6.45, 7) is 15.5. The van der Waals surface area contributed by atoms with Gasteiger partial charge in [-0.15, -0.1) is 0 Å². The van der Waals surface area contributed by atoms with E-state index >= 15 is 0 Å². The maximum absolute atomic E-state index is 7.73. The van der Waals surface area contributed by atoms with Crippen molar-refractivity contribution in [3.63, 3.8) is 0 Å². The lowest BCUT2D eigenvalue weighted by molar-refractivity contribution is 1.07. The van der Waals surface area contributed by atoms with Crippen LogP contribution in [0.25, 0.3) is 93.6 Å². The molecule has 0 amide bonds. The molecular weight excluding hydrogens is 893 g/mol. The normalized spacial score (nSPS) is 11.3. The van der Waals surface area contributed by atoms with Gasteiger partial charge >= 0.3 is 0 Å². The molecule has 10 aromatic carbocycles. The highest BCUT2D eigenvalue weighted by Crippen LogP contribution is 2.40. The third-order valence-corrected chi connectivity index (χ3v) is 18.4. The van der Waals surface area contributed by atoms with Gasteiger partial charge in [0.2, 0.25) is 0 Å². The fraction of sp³-hybridized carbons (Fsp3) is 0. The van der Waals surface area contributed by atoms with Gasteiger partial charge in [-0.05, 0) is 79.4 Å². The Bertz CT molecular complexity index is 3860. The van der Waals surface area contributed by atoms with E-state index in [1.54, 1.807) is 6.07 Å². The van der Waals surface area contributed by atoms with Crippen LogP contribution < -0.4 is 20.7 Å². The largest absolute Gasteiger partial charge is 0.309 e. The highest BCUT2D eigenvalue weighted by molar-refractivity contribution is 7.19. The lowest BCUT2D eigenvalue weighted by Gasteiger charge is -2.34. The monoisotopic (exact) mass is 934 g/mol. The molecule has 6 nitrogen and oxygen atoms in total. The van der Waals surface area contributed by atoms with Crippen LogP contribution in [-0.2, 0) is 0 Å². The van der Waals surface area contributed by atoms with Gasteiger partial charge in [-0.1, -0.05) is 218 Å². The molecule has 2 aromatic heterocycles. The molecule has 336 valence electrons. The summed E-state index contributed by atoms with van der Waals surface area (Å²) in [5, 5.41) is 7.29. The third-order valence-electron chi connectivity index (χ3n) is 13.6. The van der Waals surface area contributed by atoms with Crippen molar-refractivity contribution in [3.05, 3.63) is 278 Å². The summed E-state index contributed by atoms with van der Waals surface area (Å²) < 4.78 is 2.33. The molecule has 0 saturated carbocycles. The molecule has 12 rings (SSSR count). The smallest absolute Gasteiger partial charge is 0.179 e. The minimum Gasteiger partial charge on any atom is -0.309 e. The van der Waals surface area contributed by atoms with Crippen molar-refractivity contribution in [3.8, 4) is 62.1 Å². The van der Waals surface area contributed by atoms with Gasteiger partial charge in [0, 0.05) is 33.2 Å². The summed E-state index contributed by atoms with van der Waals surface area (Å²) in [7, 11) is -2.93. The molecule has 0 bridgehead atoms. The van der Waals surface area contributed by atoms with Crippen molar-refractivity contribution in [2.24, 2.45) is 0 Å². The Hall–Kier alpha value is -9.79. The number of rotatable bonds is 10. The van der Waals surface area contributed by atoms with Gasteiger partial charge in [-0.3, -0.25) is 0 Å². The minimum atomic E-state index is -2.93. The second-order valence-corrected chi connectivity index (χ2v) is 21.6. The van der Waals surface area contributed by atoms with Gasteiger partial charge in [0.25, 0.3) is 0 Å². The molecule has 72 heavy (non-hydrogen) atoms. The molecule has 0 N–H and O–H groups in total. The van der Waals surface area contributed by atoms with E-state index in [9.17, 15) is 0 Å². The fourth-order valence-electron chi connectivity index (χ4n) is 10.3. The first-order valence-electron chi connectivity index (χ1n) is 23.8. The van der Waals surface area contributed by atoms with E-state index < -0.39 is 8.07 Å². The van der Waals surface area contributed by atoms with Crippen LogP contribution in [0, 0.1) is 13.1 Å². The van der Waals surface area contributed by atoms with Crippen LogP contribution in [0.3, 0.4) is 0 Å². The summed E-state index contributed by atoms with van der Waals surface area (Å²) in [5.41, 5.74) is 10.4. The number of hydrogen-bond acceptors (Lipinski definition) is 3. The lowest BCUT2D eigenvalue weighted by atomic mass is 9.98. The van der Waals surface area contributed by atoms with Crippen molar-refractivity contribution in [1.82, 2.24) is 19.5 Å². The summed E-state index contributed by atoms with van der Waals surface area (Å²) in [6.07, 6.45) is 0. The van der Waals surface area contributed by atoms with Gasteiger partial charge in [0.05, 0.1) is 24.2 Å². The third kappa shape index (κ3) is 7.73. The molecule has 0 atom stereocenters. The molecule has 0 saturated heterocycles. The zero-order valence-corrected chi connectivity index (χ0v) is 39.9. The van der Waals surface area contributed by atoms with Crippen molar-refractivity contribution >= 4 is 62.0 Å². The second-order valence-electron chi connectivity index (χ2n) is 17.7. The average molecular weight is 935 g/mol. The van der Waals surface area contributed by atoms with Crippen molar-refractivity contribution < 1.29 is 0 Å². The predicted molar refractivity (Wildman–Crippen MR) is 297 cm³/mol. The topological polar surface area (TPSA) is 52.3 Å². The summed E-state index contributed by atoms with van der Waals surface area (Å²) in [6, 6.07) is 89.4. The standard InChI is InChI=1S/C65H42N6Si/c1-66-50-39-49(40-51(43-50)67-2)47-35-38-62-60(42-47)57-33-18-19-34-61(57)71(62)52-36-37-58(65-69-63(45-21-8-3-9-22-45)68-64(70-65)46-23-10-4-11-24-46)59(44-52)48-25-20-32-56(41-48)72(53-26-12-5-13-27-53,54-28-14-6-15-29-54)55-30-16-7-17-31-55/h3-44H. The first-order chi connectivity index (χ1) is 35.6. The van der Waals surface area contributed by atoms with E-state index in [1.165, 1.54) is 20.7 Å². The molecule has 0 radical (unpaired) electrons. The van der Waals surface area contributed by atoms with Gasteiger partial charge in [0.15, 0.2) is 36.9 Å². The number of aromatic nitrogens is 4. The van der Waals surface area contributed by atoms with Crippen molar-refractivity contribution in [1.29, 1.82) is 0 Å². The Morgan fingerprint density at radius 2 is 0.806 bits per heavy atom. The van der Waals surface area contributed by atoms with Crippen LogP contribution in [0.15, 0.2) is 255 Å².